The number of hydrogen-bond donors (Lipinski definition) is 2. The van der Waals surface area contributed by atoms with Crippen molar-refractivity contribution in [2.45, 2.75) is 38.8 Å². The molecule has 0 radical (unpaired) electrons. The molecule has 0 aliphatic heterocycles. The fourth-order valence-corrected chi connectivity index (χ4v) is 2.19. The summed E-state index contributed by atoms with van der Waals surface area (Å²) in [5.74, 6) is 0.175. The third-order valence-corrected chi connectivity index (χ3v) is 3.33. The lowest BCUT2D eigenvalue weighted by Crippen LogP contribution is -2.40. The standard InChI is InChI=1S/C14H19FN2S/c1-9(2)13(10-3-5-11(15)6-4-10)17-14(18)16-12-7-8-12/h3-6,9,12-13H,7-8H2,1-2H3,(H2,16,17,18)/t13-/m0/s1. The lowest BCUT2D eigenvalue weighted by atomic mass is 9.96. The highest BCUT2D eigenvalue weighted by molar-refractivity contribution is 7.80. The number of benzene rings is 1. The number of hydrogen-bond acceptors (Lipinski definition) is 1. The molecule has 1 aromatic rings. The molecule has 0 saturated heterocycles. The summed E-state index contributed by atoms with van der Waals surface area (Å²) in [6, 6.07) is 7.27. The van der Waals surface area contributed by atoms with Crippen LogP contribution < -0.4 is 10.6 Å². The Morgan fingerprint density at radius 1 is 1.28 bits per heavy atom. The Kier molecular flexibility index (Phi) is 4.17. The Morgan fingerprint density at radius 3 is 2.39 bits per heavy atom. The van der Waals surface area contributed by atoms with Crippen molar-refractivity contribution in [3.05, 3.63) is 35.6 Å². The van der Waals surface area contributed by atoms with Gasteiger partial charge in [-0.2, -0.15) is 0 Å². The Morgan fingerprint density at radius 2 is 1.89 bits per heavy atom. The zero-order chi connectivity index (χ0) is 13.1. The van der Waals surface area contributed by atoms with Gasteiger partial charge in [0.1, 0.15) is 5.82 Å². The number of rotatable bonds is 4. The first-order valence-corrected chi connectivity index (χ1v) is 6.79. The van der Waals surface area contributed by atoms with Crippen molar-refractivity contribution < 1.29 is 4.39 Å². The van der Waals surface area contributed by atoms with E-state index in [1.807, 2.05) is 12.1 Å². The molecule has 1 fully saturated rings. The number of halogens is 1. The van der Waals surface area contributed by atoms with Crippen LogP contribution in [0.1, 0.15) is 38.3 Å². The van der Waals surface area contributed by atoms with Gasteiger partial charge in [0.2, 0.25) is 0 Å². The molecule has 0 amide bonds. The molecule has 2 N–H and O–H groups in total. The Labute approximate surface area is 113 Å². The van der Waals surface area contributed by atoms with Gasteiger partial charge in [-0.25, -0.2) is 4.39 Å². The normalized spacial score (nSPS) is 16.4. The Bertz CT molecular complexity index is 412. The predicted molar refractivity (Wildman–Crippen MR) is 75.9 cm³/mol. The molecule has 0 aromatic heterocycles. The summed E-state index contributed by atoms with van der Waals surface area (Å²) >= 11 is 5.30. The van der Waals surface area contributed by atoms with Crippen LogP contribution in [0.2, 0.25) is 0 Å². The molecule has 0 unspecified atom stereocenters. The second-order valence-corrected chi connectivity index (χ2v) is 5.57. The molecule has 1 saturated carbocycles. The van der Waals surface area contributed by atoms with Crippen LogP contribution in [0.15, 0.2) is 24.3 Å². The molecular formula is C14H19FN2S. The van der Waals surface area contributed by atoms with Crippen molar-refractivity contribution in [3.8, 4) is 0 Å². The molecular weight excluding hydrogens is 247 g/mol. The van der Waals surface area contributed by atoms with Crippen LogP contribution in [0.4, 0.5) is 4.39 Å². The molecule has 0 spiro atoms. The smallest absolute Gasteiger partial charge is 0.167 e. The first kappa shape index (κ1) is 13.3. The second kappa shape index (κ2) is 5.65. The van der Waals surface area contributed by atoms with Gasteiger partial charge in [-0.05, 0) is 48.7 Å². The van der Waals surface area contributed by atoms with Gasteiger partial charge in [0, 0.05) is 6.04 Å². The van der Waals surface area contributed by atoms with Crippen LogP contribution in [0.5, 0.6) is 0 Å². The van der Waals surface area contributed by atoms with E-state index in [1.165, 1.54) is 25.0 Å². The second-order valence-electron chi connectivity index (χ2n) is 5.17. The summed E-state index contributed by atoms with van der Waals surface area (Å²) in [4.78, 5) is 0. The van der Waals surface area contributed by atoms with Crippen molar-refractivity contribution >= 4 is 17.3 Å². The van der Waals surface area contributed by atoms with Crippen molar-refractivity contribution in [3.63, 3.8) is 0 Å². The quantitative estimate of drug-likeness (QED) is 0.819. The SMILES string of the molecule is CC(C)[C@H](NC(=S)NC1CC1)c1ccc(F)cc1. The highest BCUT2D eigenvalue weighted by Crippen LogP contribution is 2.23. The maximum atomic E-state index is 12.9. The van der Waals surface area contributed by atoms with Gasteiger partial charge in [-0.1, -0.05) is 26.0 Å². The van der Waals surface area contributed by atoms with Gasteiger partial charge in [-0.3, -0.25) is 0 Å². The molecule has 1 aromatic carbocycles. The lowest BCUT2D eigenvalue weighted by Gasteiger charge is -2.24. The maximum Gasteiger partial charge on any atom is 0.167 e. The molecule has 2 nitrogen and oxygen atoms in total. The molecule has 98 valence electrons. The monoisotopic (exact) mass is 266 g/mol. The lowest BCUT2D eigenvalue weighted by molar-refractivity contribution is 0.467. The summed E-state index contributed by atoms with van der Waals surface area (Å²) in [6.07, 6.45) is 2.40. The molecule has 18 heavy (non-hydrogen) atoms. The molecule has 2 rings (SSSR count). The van der Waals surface area contributed by atoms with E-state index in [2.05, 4.69) is 24.5 Å². The van der Waals surface area contributed by atoms with E-state index in [4.69, 9.17) is 12.2 Å². The van der Waals surface area contributed by atoms with Gasteiger partial charge in [0.25, 0.3) is 0 Å². The summed E-state index contributed by atoms with van der Waals surface area (Å²) in [5.41, 5.74) is 1.06. The van der Waals surface area contributed by atoms with Crippen LogP contribution in [-0.4, -0.2) is 11.2 Å². The summed E-state index contributed by atoms with van der Waals surface area (Å²) in [5, 5.41) is 7.28. The van der Waals surface area contributed by atoms with Crippen LogP contribution in [-0.2, 0) is 0 Å². The van der Waals surface area contributed by atoms with Crippen molar-refractivity contribution in [2.75, 3.05) is 0 Å². The first-order chi connectivity index (χ1) is 8.56. The number of thiocarbonyl (C=S) groups is 1. The highest BCUT2D eigenvalue weighted by Gasteiger charge is 2.23. The minimum atomic E-state index is -0.208. The molecule has 1 aliphatic carbocycles. The fourth-order valence-electron chi connectivity index (χ4n) is 1.90. The van der Waals surface area contributed by atoms with E-state index in [0.29, 0.717) is 17.1 Å². The highest BCUT2D eigenvalue weighted by atomic mass is 32.1. The van der Waals surface area contributed by atoms with E-state index in [-0.39, 0.29) is 11.9 Å². The summed E-state index contributed by atoms with van der Waals surface area (Å²) in [7, 11) is 0. The van der Waals surface area contributed by atoms with E-state index in [1.54, 1.807) is 0 Å². The van der Waals surface area contributed by atoms with E-state index in [0.717, 1.165) is 5.56 Å². The third-order valence-electron chi connectivity index (χ3n) is 3.09. The average Bonchev–Trinajstić information content (AvgIpc) is 3.11. The third kappa shape index (κ3) is 3.67. The van der Waals surface area contributed by atoms with Crippen LogP contribution in [0.25, 0.3) is 0 Å². The fraction of sp³-hybridized carbons (Fsp3) is 0.500. The van der Waals surface area contributed by atoms with Gasteiger partial charge in [0.05, 0.1) is 6.04 Å². The van der Waals surface area contributed by atoms with Gasteiger partial charge < -0.3 is 10.6 Å². The molecule has 1 aliphatic rings. The zero-order valence-electron chi connectivity index (χ0n) is 10.7. The van der Waals surface area contributed by atoms with Crippen LogP contribution >= 0.6 is 12.2 Å². The number of nitrogens with one attached hydrogen (secondary N) is 2. The minimum Gasteiger partial charge on any atom is -0.360 e. The van der Waals surface area contributed by atoms with Crippen molar-refractivity contribution in [2.24, 2.45) is 5.92 Å². The van der Waals surface area contributed by atoms with Gasteiger partial charge in [-0.15, -0.1) is 0 Å². The Hall–Kier alpha value is -1.16. The van der Waals surface area contributed by atoms with E-state index >= 15 is 0 Å². The minimum absolute atomic E-state index is 0.115. The summed E-state index contributed by atoms with van der Waals surface area (Å²) in [6.45, 7) is 4.25. The van der Waals surface area contributed by atoms with Gasteiger partial charge in [0.15, 0.2) is 5.11 Å². The predicted octanol–water partition coefficient (Wildman–Crippen LogP) is 3.15. The van der Waals surface area contributed by atoms with E-state index in [9.17, 15) is 4.39 Å². The molecule has 0 heterocycles. The van der Waals surface area contributed by atoms with Crippen LogP contribution in [0, 0.1) is 11.7 Å². The van der Waals surface area contributed by atoms with Gasteiger partial charge >= 0.3 is 0 Å². The molecule has 1 atom stereocenters. The largest absolute Gasteiger partial charge is 0.360 e. The van der Waals surface area contributed by atoms with E-state index < -0.39 is 0 Å². The molecule has 4 heteroatoms. The van der Waals surface area contributed by atoms with Crippen LogP contribution in [0.3, 0.4) is 0 Å². The molecule has 0 bridgehead atoms. The first-order valence-electron chi connectivity index (χ1n) is 6.39. The maximum absolute atomic E-state index is 12.9. The topological polar surface area (TPSA) is 24.1 Å². The zero-order valence-corrected chi connectivity index (χ0v) is 11.6. The van der Waals surface area contributed by atoms with Crippen molar-refractivity contribution in [1.82, 2.24) is 10.6 Å². The Balaban J connectivity index is 2.02. The van der Waals surface area contributed by atoms with Crippen molar-refractivity contribution in [1.29, 1.82) is 0 Å². The summed E-state index contributed by atoms with van der Waals surface area (Å²) < 4.78 is 12.9. The average molecular weight is 266 g/mol.